The van der Waals surface area contributed by atoms with Gasteiger partial charge in [-0.1, -0.05) is 54.6 Å². The molecular weight excluding hydrogens is 276 g/mol. The van der Waals surface area contributed by atoms with Gasteiger partial charge in [-0.3, -0.25) is 0 Å². The molecule has 0 aliphatic rings. The predicted molar refractivity (Wildman–Crippen MR) is 89.3 cm³/mol. The van der Waals surface area contributed by atoms with Crippen LogP contribution in [0.3, 0.4) is 0 Å². The lowest BCUT2D eigenvalue weighted by molar-refractivity contribution is 0.682. The van der Waals surface area contributed by atoms with Gasteiger partial charge in [-0.2, -0.15) is 0 Å². The smallest absolute Gasteiger partial charge is 0.0897 e. The van der Waals surface area contributed by atoms with E-state index in [1.54, 1.807) is 11.3 Å². The lowest BCUT2D eigenvalue weighted by Gasteiger charge is -2.05. The number of benzene rings is 2. The van der Waals surface area contributed by atoms with Crippen LogP contribution in [0.5, 0.6) is 0 Å². The van der Waals surface area contributed by atoms with Gasteiger partial charge in [0.05, 0.1) is 10.7 Å². The summed E-state index contributed by atoms with van der Waals surface area (Å²) in [5.41, 5.74) is 4.93. The Morgan fingerprint density at radius 3 is 2.29 bits per heavy atom. The van der Waals surface area contributed by atoms with Crippen LogP contribution >= 0.6 is 11.3 Å². The van der Waals surface area contributed by atoms with Crippen molar-refractivity contribution in [2.45, 2.75) is 20.0 Å². The Morgan fingerprint density at radius 2 is 1.62 bits per heavy atom. The Hall–Kier alpha value is -1.97. The average molecular weight is 294 g/mol. The summed E-state index contributed by atoms with van der Waals surface area (Å²) in [6, 6.07) is 19.2. The Labute approximate surface area is 129 Å². The molecule has 0 radical (unpaired) electrons. The number of rotatable bonds is 5. The third-order valence-electron chi connectivity index (χ3n) is 3.36. The number of thiazole rings is 1. The zero-order valence-corrected chi connectivity index (χ0v) is 12.9. The Bertz CT molecular complexity index is 687. The number of aryl methyl sites for hydroxylation is 1. The highest BCUT2D eigenvalue weighted by Gasteiger charge is 1.99. The number of nitrogens with zero attached hydrogens (tertiary/aromatic N) is 1. The quantitative estimate of drug-likeness (QED) is 0.754. The molecule has 0 saturated carbocycles. The highest BCUT2D eigenvalue weighted by atomic mass is 32.1. The molecule has 0 aliphatic heterocycles. The molecule has 0 atom stereocenters. The van der Waals surface area contributed by atoms with E-state index in [1.807, 2.05) is 13.0 Å². The van der Waals surface area contributed by atoms with E-state index < -0.39 is 0 Å². The number of hydrogen-bond acceptors (Lipinski definition) is 3. The summed E-state index contributed by atoms with van der Waals surface area (Å²) < 4.78 is 0. The molecule has 1 heterocycles. The summed E-state index contributed by atoms with van der Waals surface area (Å²) >= 11 is 1.70. The Morgan fingerprint density at radius 1 is 0.905 bits per heavy atom. The van der Waals surface area contributed by atoms with E-state index in [2.05, 4.69) is 64.2 Å². The minimum absolute atomic E-state index is 0.824. The van der Waals surface area contributed by atoms with Crippen molar-refractivity contribution in [3.8, 4) is 11.1 Å². The number of aromatic nitrogens is 1. The highest BCUT2D eigenvalue weighted by molar-refractivity contribution is 7.09. The average Bonchev–Trinajstić information content (AvgIpc) is 2.94. The van der Waals surface area contributed by atoms with Gasteiger partial charge in [-0.15, -0.1) is 11.3 Å². The summed E-state index contributed by atoms with van der Waals surface area (Å²) in [6.45, 7) is 3.73. The van der Waals surface area contributed by atoms with Crippen molar-refractivity contribution in [3.63, 3.8) is 0 Å². The van der Waals surface area contributed by atoms with Crippen LogP contribution in [-0.2, 0) is 13.1 Å². The van der Waals surface area contributed by atoms with Gasteiger partial charge in [0.25, 0.3) is 0 Å². The van der Waals surface area contributed by atoms with Crippen molar-refractivity contribution in [1.82, 2.24) is 10.3 Å². The summed E-state index contributed by atoms with van der Waals surface area (Å²) in [7, 11) is 0. The molecule has 3 rings (SSSR count). The molecule has 1 aromatic heterocycles. The third kappa shape index (κ3) is 3.78. The maximum atomic E-state index is 4.45. The van der Waals surface area contributed by atoms with E-state index in [0.717, 1.165) is 23.8 Å². The fourth-order valence-electron chi connectivity index (χ4n) is 2.27. The van der Waals surface area contributed by atoms with Crippen molar-refractivity contribution in [3.05, 3.63) is 76.2 Å². The molecule has 3 heteroatoms. The summed E-state index contributed by atoms with van der Waals surface area (Å²) in [5.74, 6) is 0. The van der Waals surface area contributed by atoms with Gasteiger partial charge < -0.3 is 5.32 Å². The van der Waals surface area contributed by atoms with Crippen molar-refractivity contribution < 1.29 is 0 Å². The van der Waals surface area contributed by atoms with E-state index in [4.69, 9.17) is 0 Å². The van der Waals surface area contributed by atoms with Crippen LogP contribution in [0.1, 0.15) is 16.3 Å². The maximum Gasteiger partial charge on any atom is 0.0897 e. The van der Waals surface area contributed by atoms with Crippen LogP contribution in [0.25, 0.3) is 11.1 Å². The first kappa shape index (κ1) is 14.0. The first-order valence-electron chi connectivity index (χ1n) is 7.07. The van der Waals surface area contributed by atoms with Gasteiger partial charge >= 0.3 is 0 Å². The van der Waals surface area contributed by atoms with Crippen LogP contribution in [-0.4, -0.2) is 4.98 Å². The molecule has 0 aliphatic carbocycles. The molecule has 0 bridgehead atoms. The first-order chi connectivity index (χ1) is 10.3. The van der Waals surface area contributed by atoms with Gasteiger partial charge in [0.1, 0.15) is 0 Å². The van der Waals surface area contributed by atoms with Gasteiger partial charge in [0, 0.05) is 18.5 Å². The summed E-state index contributed by atoms with van der Waals surface area (Å²) in [5, 5.41) is 6.67. The molecule has 106 valence electrons. The van der Waals surface area contributed by atoms with Crippen molar-refractivity contribution in [2.24, 2.45) is 0 Å². The summed E-state index contributed by atoms with van der Waals surface area (Å²) in [6.07, 6.45) is 0. The van der Waals surface area contributed by atoms with Crippen LogP contribution < -0.4 is 5.32 Å². The monoisotopic (exact) mass is 294 g/mol. The topological polar surface area (TPSA) is 24.9 Å². The van der Waals surface area contributed by atoms with Crippen molar-refractivity contribution >= 4 is 11.3 Å². The second kappa shape index (κ2) is 6.66. The largest absolute Gasteiger partial charge is 0.307 e. The third-order valence-corrected chi connectivity index (χ3v) is 4.19. The first-order valence-corrected chi connectivity index (χ1v) is 7.95. The minimum atomic E-state index is 0.824. The molecule has 0 fully saturated rings. The second-order valence-electron chi connectivity index (χ2n) is 5.02. The molecule has 0 saturated heterocycles. The normalized spacial score (nSPS) is 10.7. The molecule has 0 amide bonds. The van der Waals surface area contributed by atoms with E-state index in [-0.39, 0.29) is 0 Å². The highest BCUT2D eigenvalue weighted by Crippen LogP contribution is 2.19. The Balaban J connectivity index is 1.57. The van der Waals surface area contributed by atoms with Gasteiger partial charge in [-0.05, 0) is 23.6 Å². The minimum Gasteiger partial charge on any atom is -0.307 e. The molecule has 1 N–H and O–H groups in total. The maximum absolute atomic E-state index is 4.45. The lowest BCUT2D eigenvalue weighted by Crippen LogP contribution is -2.12. The SMILES string of the molecule is Cc1nc(CNCc2ccc(-c3ccccc3)cc2)cs1. The van der Waals surface area contributed by atoms with Gasteiger partial charge in [-0.25, -0.2) is 4.98 Å². The van der Waals surface area contributed by atoms with Crippen LogP contribution in [0.2, 0.25) is 0 Å². The van der Waals surface area contributed by atoms with Crippen LogP contribution in [0.4, 0.5) is 0 Å². The zero-order chi connectivity index (χ0) is 14.5. The molecule has 21 heavy (non-hydrogen) atoms. The summed E-state index contributed by atoms with van der Waals surface area (Å²) in [4.78, 5) is 4.45. The fraction of sp³-hybridized carbons (Fsp3) is 0.167. The lowest BCUT2D eigenvalue weighted by atomic mass is 10.0. The Kier molecular flexibility index (Phi) is 4.43. The molecule has 2 nitrogen and oxygen atoms in total. The fourth-order valence-corrected chi connectivity index (χ4v) is 2.88. The predicted octanol–water partition coefficient (Wildman–Crippen LogP) is 4.41. The van der Waals surface area contributed by atoms with Gasteiger partial charge in [0.2, 0.25) is 0 Å². The van der Waals surface area contributed by atoms with Gasteiger partial charge in [0.15, 0.2) is 0 Å². The van der Waals surface area contributed by atoms with E-state index in [0.29, 0.717) is 0 Å². The molecular formula is C18H18N2S. The van der Waals surface area contributed by atoms with E-state index in [9.17, 15) is 0 Å². The molecule has 0 unspecified atom stereocenters. The van der Waals surface area contributed by atoms with Crippen LogP contribution in [0.15, 0.2) is 60.0 Å². The van der Waals surface area contributed by atoms with Crippen molar-refractivity contribution in [1.29, 1.82) is 0 Å². The number of hydrogen-bond donors (Lipinski definition) is 1. The van der Waals surface area contributed by atoms with Crippen molar-refractivity contribution in [2.75, 3.05) is 0 Å². The standard InChI is InChI=1S/C18H18N2S/c1-14-20-18(13-21-14)12-19-11-15-7-9-17(10-8-15)16-5-3-2-4-6-16/h2-10,13,19H,11-12H2,1H3. The molecule has 3 aromatic rings. The van der Waals surface area contributed by atoms with Crippen LogP contribution in [0, 0.1) is 6.92 Å². The zero-order valence-electron chi connectivity index (χ0n) is 12.0. The van der Waals surface area contributed by atoms with E-state index in [1.165, 1.54) is 16.7 Å². The molecule has 0 spiro atoms. The second-order valence-corrected chi connectivity index (χ2v) is 6.09. The van der Waals surface area contributed by atoms with E-state index >= 15 is 0 Å². The number of nitrogens with one attached hydrogen (secondary N) is 1. The molecule has 2 aromatic carbocycles.